The molecule has 0 unspecified atom stereocenters. The Kier molecular flexibility index (Phi) is 8.73. The normalized spacial score (nSPS) is 11.7. The van der Waals surface area contributed by atoms with Gasteiger partial charge in [0.1, 0.15) is 5.82 Å². The van der Waals surface area contributed by atoms with Crippen LogP contribution in [-0.2, 0) is 11.3 Å². The number of fused-ring (bicyclic) bond motifs is 1. The summed E-state index contributed by atoms with van der Waals surface area (Å²) in [4.78, 5) is 34.6. The van der Waals surface area contributed by atoms with E-state index in [2.05, 4.69) is 37.0 Å². The molecule has 12 nitrogen and oxygen atoms in total. The number of benzene rings is 1. The highest BCUT2D eigenvalue weighted by Crippen LogP contribution is 2.28. The summed E-state index contributed by atoms with van der Waals surface area (Å²) in [6.45, 7) is 2.80. The molecule has 0 aliphatic carbocycles. The molecule has 12 heteroatoms. The van der Waals surface area contributed by atoms with Crippen LogP contribution in [0.25, 0.3) is 22.6 Å². The number of nitrogens with one attached hydrogen (secondary N) is 2. The number of pyridine rings is 1. The predicted octanol–water partition coefficient (Wildman–Crippen LogP) is 3.39. The van der Waals surface area contributed by atoms with Gasteiger partial charge in [0, 0.05) is 24.2 Å². The summed E-state index contributed by atoms with van der Waals surface area (Å²) < 4.78 is 6.67. The number of nitriles is 1. The minimum atomic E-state index is -0.203. The molecule has 0 saturated carbocycles. The zero-order valence-corrected chi connectivity index (χ0v) is 21.1. The molecular weight excluding hydrogens is 486 g/mol. The van der Waals surface area contributed by atoms with Gasteiger partial charge < -0.3 is 20.9 Å². The van der Waals surface area contributed by atoms with E-state index >= 15 is 0 Å². The number of hydrogen-bond acceptors (Lipinski definition) is 10. The van der Waals surface area contributed by atoms with Gasteiger partial charge in [0.2, 0.25) is 11.7 Å². The lowest BCUT2D eigenvalue weighted by Crippen LogP contribution is -2.21. The highest BCUT2D eigenvalue weighted by molar-refractivity contribution is 5.98. The second kappa shape index (κ2) is 12.6. The number of nitrogens with two attached hydrogens (primary N) is 1. The molecule has 4 N–H and O–H groups in total. The quantitative estimate of drug-likeness (QED) is 0.176. The van der Waals surface area contributed by atoms with Crippen LogP contribution in [0.2, 0.25) is 0 Å². The molecule has 0 saturated heterocycles. The summed E-state index contributed by atoms with van der Waals surface area (Å²) in [5.74, 6) is 0.633. The van der Waals surface area contributed by atoms with Gasteiger partial charge in [-0.05, 0) is 54.0 Å². The summed E-state index contributed by atoms with van der Waals surface area (Å²) in [6, 6.07) is 12.7. The van der Waals surface area contributed by atoms with E-state index in [4.69, 9.17) is 15.6 Å². The Morgan fingerprint density at radius 1 is 1.18 bits per heavy atom. The lowest BCUT2D eigenvalue weighted by atomic mass is 10.0. The van der Waals surface area contributed by atoms with Crippen molar-refractivity contribution < 1.29 is 14.2 Å². The van der Waals surface area contributed by atoms with E-state index in [9.17, 15) is 9.59 Å². The highest BCUT2D eigenvalue weighted by atomic mass is 16.6. The topological polar surface area (TPSA) is 178 Å². The highest BCUT2D eigenvalue weighted by Gasteiger charge is 2.22. The van der Waals surface area contributed by atoms with Crippen molar-refractivity contribution >= 4 is 34.4 Å². The molecule has 3 aromatic heterocycles. The Balaban J connectivity index is 1.51. The fourth-order valence-electron chi connectivity index (χ4n) is 3.95. The average molecular weight is 516 g/mol. The SMILES string of the molecule is C[C@@H](CCCCN)C(=O)Nc1ccc(C(=O)Cn2c(-c3nonc3NCCC#N)nc3ccccc32)cn1. The summed E-state index contributed by atoms with van der Waals surface area (Å²) in [5, 5.41) is 22.5. The molecule has 0 spiro atoms. The number of para-hydroxylation sites is 2. The molecule has 38 heavy (non-hydrogen) atoms. The van der Waals surface area contributed by atoms with Crippen LogP contribution in [0.4, 0.5) is 11.6 Å². The number of rotatable bonds is 13. The van der Waals surface area contributed by atoms with E-state index < -0.39 is 0 Å². The first kappa shape index (κ1) is 26.4. The summed E-state index contributed by atoms with van der Waals surface area (Å²) in [7, 11) is 0. The van der Waals surface area contributed by atoms with Crippen LogP contribution in [0.3, 0.4) is 0 Å². The maximum Gasteiger partial charge on any atom is 0.228 e. The summed E-state index contributed by atoms with van der Waals surface area (Å²) in [5.41, 5.74) is 7.66. The number of carbonyl (C=O) groups excluding carboxylic acids is 2. The lowest BCUT2D eigenvalue weighted by molar-refractivity contribution is -0.119. The molecule has 1 atom stereocenters. The van der Waals surface area contributed by atoms with Gasteiger partial charge in [-0.15, -0.1) is 0 Å². The van der Waals surface area contributed by atoms with E-state index in [1.165, 1.54) is 6.20 Å². The van der Waals surface area contributed by atoms with Gasteiger partial charge in [-0.3, -0.25) is 9.59 Å². The van der Waals surface area contributed by atoms with Crippen molar-refractivity contribution in [2.75, 3.05) is 23.7 Å². The molecule has 1 aromatic carbocycles. The molecule has 0 aliphatic rings. The van der Waals surface area contributed by atoms with E-state index in [0.29, 0.717) is 47.3 Å². The average Bonchev–Trinajstić information content (AvgIpc) is 3.53. The molecule has 0 radical (unpaired) electrons. The van der Waals surface area contributed by atoms with Crippen molar-refractivity contribution in [3.63, 3.8) is 0 Å². The van der Waals surface area contributed by atoms with Crippen LogP contribution in [-0.4, -0.2) is 49.6 Å². The first-order chi connectivity index (χ1) is 18.5. The summed E-state index contributed by atoms with van der Waals surface area (Å²) in [6.07, 6.45) is 4.24. The van der Waals surface area contributed by atoms with Gasteiger partial charge in [-0.25, -0.2) is 14.6 Å². The minimum absolute atomic E-state index is 0.0358. The smallest absolute Gasteiger partial charge is 0.228 e. The van der Waals surface area contributed by atoms with Crippen molar-refractivity contribution in [1.82, 2.24) is 24.8 Å². The van der Waals surface area contributed by atoms with Crippen LogP contribution in [0.15, 0.2) is 47.2 Å². The van der Waals surface area contributed by atoms with Gasteiger partial charge in [-0.2, -0.15) is 5.26 Å². The van der Waals surface area contributed by atoms with Crippen LogP contribution >= 0.6 is 0 Å². The van der Waals surface area contributed by atoms with Gasteiger partial charge in [0.25, 0.3) is 0 Å². The molecule has 0 fully saturated rings. The third kappa shape index (κ3) is 6.19. The first-order valence-electron chi connectivity index (χ1n) is 12.4. The monoisotopic (exact) mass is 515 g/mol. The zero-order valence-electron chi connectivity index (χ0n) is 21.1. The van der Waals surface area contributed by atoms with Gasteiger partial charge in [-0.1, -0.05) is 25.5 Å². The van der Waals surface area contributed by atoms with Gasteiger partial charge in [0.05, 0.1) is 30.1 Å². The van der Waals surface area contributed by atoms with Crippen molar-refractivity contribution in [2.24, 2.45) is 11.7 Å². The lowest BCUT2D eigenvalue weighted by Gasteiger charge is -2.12. The van der Waals surface area contributed by atoms with Crippen molar-refractivity contribution in [3.8, 4) is 17.6 Å². The Morgan fingerprint density at radius 2 is 2.03 bits per heavy atom. The van der Waals surface area contributed by atoms with Crippen LogP contribution in [0.5, 0.6) is 0 Å². The molecule has 196 valence electrons. The van der Waals surface area contributed by atoms with E-state index in [1.54, 1.807) is 16.7 Å². The van der Waals surface area contributed by atoms with Crippen LogP contribution in [0, 0.1) is 17.2 Å². The molecule has 4 rings (SSSR count). The second-order valence-corrected chi connectivity index (χ2v) is 8.84. The Labute approximate surface area is 219 Å². The number of anilines is 2. The molecule has 0 aliphatic heterocycles. The largest absolute Gasteiger partial charge is 0.364 e. The number of amides is 1. The Hall–Kier alpha value is -4.63. The van der Waals surface area contributed by atoms with Crippen LogP contribution < -0.4 is 16.4 Å². The molecule has 0 bridgehead atoms. The second-order valence-electron chi connectivity index (χ2n) is 8.84. The van der Waals surface area contributed by atoms with Crippen LogP contribution in [0.1, 0.15) is 43.0 Å². The van der Waals surface area contributed by atoms with Crippen molar-refractivity contribution in [1.29, 1.82) is 5.26 Å². The summed E-state index contributed by atoms with van der Waals surface area (Å²) >= 11 is 0. The number of nitrogens with zero attached hydrogens (tertiary/aromatic N) is 6. The molecule has 4 aromatic rings. The number of unbranched alkanes of at least 4 members (excludes halogenated alkanes) is 1. The third-order valence-electron chi connectivity index (χ3n) is 6.06. The number of carbonyl (C=O) groups is 2. The van der Waals surface area contributed by atoms with Gasteiger partial charge in [0.15, 0.2) is 17.3 Å². The fraction of sp³-hybridized carbons (Fsp3) is 0.346. The number of aromatic nitrogens is 5. The molecule has 3 heterocycles. The Morgan fingerprint density at radius 3 is 2.79 bits per heavy atom. The number of hydrogen-bond donors (Lipinski definition) is 3. The Bertz CT molecular complexity index is 1440. The standard InChI is InChI=1S/C26H29N9O3/c1-17(7-4-5-12-27)26(37)32-22-11-10-18(15-30-22)21(36)16-35-20-9-3-2-8-19(20)31-25(35)23-24(34-38-33-23)29-14-6-13-28/h2-3,8-11,15,17H,4-7,12,14,16,27H2,1H3,(H,29,34)(H,30,32,37)/t17-/m0/s1. The first-order valence-corrected chi connectivity index (χ1v) is 12.4. The van der Waals surface area contributed by atoms with Crippen molar-refractivity contribution in [2.45, 2.75) is 39.2 Å². The maximum atomic E-state index is 13.3. The van der Waals surface area contributed by atoms with Crippen molar-refractivity contribution in [3.05, 3.63) is 48.2 Å². The molecule has 1 amide bonds. The predicted molar refractivity (Wildman–Crippen MR) is 141 cm³/mol. The van der Waals surface area contributed by atoms with E-state index in [0.717, 1.165) is 24.8 Å². The number of Topliss-reactive ketones (excluding diaryl/α,β-unsaturated/α-hetero) is 1. The minimum Gasteiger partial charge on any atom is -0.364 e. The van der Waals surface area contributed by atoms with E-state index in [-0.39, 0.29) is 30.6 Å². The van der Waals surface area contributed by atoms with E-state index in [1.807, 2.05) is 31.2 Å². The fourth-order valence-corrected chi connectivity index (χ4v) is 3.95. The van der Waals surface area contributed by atoms with Gasteiger partial charge >= 0.3 is 0 Å². The zero-order chi connectivity index (χ0) is 26.9. The maximum absolute atomic E-state index is 13.3. The number of ketones is 1. The number of imidazole rings is 1. The third-order valence-corrected chi connectivity index (χ3v) is 6.06. The molecular formula is C26H29N9O3.